The molecule has 0 aliphatic rings. The van der Waals surface area contributed by atoms with Crippen molar-refractivity contribution in [1.82, 2.24) is 5.48 Å². The minimum atomic E-state index is -1.08. The highest BCUT2D eigenvalue weighted by Crippen LogP contribution is 2.25. The van der Waals surface area contributed by atoms with Crippen LogP contribution in [0.1, 0.15) is 91.4 Å². The van der Waals surface area contributed by atoms with Crippen molar-refractivity contribution in [3.63, 3.8) is 0 Å². The Hall–Kier alpha value is -2.18. The second-order valence-corrected chi connectivity index (χ2v) is 8.12. The smallest absolute Gasteiger partial charge is 0.358 e. The van der Waals surface area contributed by atoms with Gasteiger partial charge in [0.2, 0.25) is 0 Å². The number of amides is 1. The van der Waals surface area contributed by atoms with Crippen molar-refractivity contribution in [2.45, 2.75) is 97.0 Å². The third-order valence-corrected chi connectivity index (χ3v) is 5.23. The van der Waals surface area contributed by atoms with Crippen LogP contribution in [0.15, 0.2) is 48.6 Å². The number of hydrogen-bond acceptors (Lipinski definition) is 5. The Bertz CT molecular complexity index is 638. The Labute approximate surface area is 200 Å². The lowest BCUT2D eigenvalue weighted by Crippen LogP contribution is -2.49. The first-order valence-electron chi connectivity index (χ1n) is 12.3. The fourth-order valence-electron chi connectivity index (χ4n) is 3.15. The molecule has 0 aromatic carbocycles. The Morgan fingerprint density at radius 1 is 0.939 bits per heavy atom. The van der Waals surface area contributed by atoms with E-state index in [0.717, 1.165) is 51.4 Å². The van der Waals surface area contributed by atoms with Gasteiger partial charge in [-0.2, -0.15) is 5.48 Å². The molecule has 0 saturated carbocycles. The molecule has 0 bridgehead atoms. The molecule has 188 valence electrons. The molecule has 0 aliphatic carbocycles. The molecule has 0 radical (unpaired) electrons. The van der Waals surface area contributed by atoms with Crippen LogP contribution in [0.4, 0.5) is 0 Å². The third kappa shape index (κ3) is 15.3. The van der Waals surface area contributed by atoms with Gasteiger partial charge < -0.3 is 14.7 Å². The number of unbranched alkanes of at least 4 members (excludes halogenated alkanes) is 4. The van der Waals surface area contributed by atoms with Crippen molar-refractivity contribution in [3.8, 4) is 0 Å². The summed E-state index contributed by atoms with van der Waals surface area (Å²) in [5.41, 5.74) is 1.35. The van der Waals surface area contributed by atoms with Gasteiger partial charge in [-0.05, 0) is 58.3 Å². The van der Waals surface area contributed by atoms with Gasteiger partial charge in [0.25, 0.3) is 5.91 Å². The van der Waals surface area contributed by atoms with Crippen molar-refractivity contribution < 1.29 is 24.3 Å². The Balaban J connectivity index is 4.37. The fraction of sp³-hybridized carbons (Fsp3) is 0.630. The van der Waals surface area contributed by atoms with E-state index >= 15 is 0 Å². The van der Waals surface area contributed by atoms with Gasteiger partial charge in [0.05, 0.1) is 6.61 Å². The van der Waals surface area contributed by atoms with Gasteiger partial charge in [-0.15, -0.1) is 0 Å². The number of rotatable bonds is 19. The number of allylic oxidation sites excluding steroid dienone is 6. The molecule has 6 nitrogen and oxygen atoms in total. The Morgan fingerprint density at radius 3 is 2.18 bits per heavy atom. The standard InChI is InChI=1S/C27H45NO5/c1-5-7-8-9-10-11-12-13-14-15-16-17-18-19-21-27(6-2,32-23-20-22-29)26(31)28-33-25(30)24(3)4/h7-8,10-11,13-14,29H,3,5-6,9,12,15-23H2,1-2,4H3,(H,28,31)/b8-7-,11-10-,14-13-. The van der Waals surface area contributed by atoms with E-state index in [-0.39, 0.29) is 18.8 Å². The average molecular weight is 464 g/mol. The molecule has 2 N–H and O–H groups in total. The first-order valence-corrected chi connectivity index (χ1v) is 12.3. The molecule has 1 amide bonds. The summed E-state index contributed by atoms with van der Waals surface area (Å²) in [7, 11) is 0. The lowest BCUT2D eigenvalue weighted by atomic mass is 9.91. The molecule has 0 aromatic rings. The normalized spacial score (nSPS) is 13.6. The van der Waals surface area contributed by atoms with E-state index in [9.17, 15) is 9.59 Å². The predicted molar refractivity (Wildman–Crippen MR) is 134 cm³/mol. The van der Waals surface area contributed by atoms with E-state index in [1.807, 2.05) is 6.92 Å². The number of aliphatic hydroxyl groups excluding tert-OH is 1. The molecule has 1 unspecified atom stereocenters. The first kappa shape index (κ1) is 30.8. The highest BCUT2D eigenvalue weighted by atomic mass is 16.7. The van der Waals surface area contributed by atoms with Crippen LogP contribution >= 0.6 is 0 Å². The zero-order valence-electron chi connectivity index (χ0n) is 20.9. The van der Waals surface area contributed by atoms with Crippen molar-refractivity contribution in [2.75, 3.05) is 13.2 Å². The summed E-state index contributed by atoms with van der Waals surface area (Å²) in [6, 6.07) is 0. The monoisotopic (exact) mass is 463 g/mol. The van der Waals surface area contributed by atoms with E-state index in [1.165, 1.54) is 6.92 Å². The molecule has 0 spiro atoms. The summed E-state index contributed by atoms with van der Waals surface area (Å²) >= 11 is 0. The van der Waals surface area contributed by atoms with Crippen LogP contribution in [0.5, 0.6) is 0 Å². The Kier molecular flexibility index (Phi) is 19.1. The zero-order valence-corrected chi connectivity index (χ0v) is 20.9. The van der Waals surface area contributed by atoms with Crippen LogP contribution in [0.25, 0.3) is 0 Å². The lowest BCUT2D eigenvalue weighted by molar-refractivity contribution is -0.170. The summed E-state index contributed by atoms with van der Waals surface area (Å²) in [5.74, 6) is -1.15. The van der Waals surface area contributed by atoms with Crippen molar-refractivity contribution >= 4 is 11.9 Å². The second-order valence-electron chi connectivity index (χ2n) is 8.12. The number of hydrogen-bond donors (Lipinski definition) is 2. The SMILES string of the molecule is C=C(C)C(=O)ONC(=O)C(CC)(CCCCCC/C=C\C/C=C\C/C=C\CC)OCCCO. The van der Waals surface area contributed by atoms with Crippen LogP contribution < -0.4 is 5.48 Å². The quantitative estimate of drug-likeness (QED) is 0.108. The van der Waals surface area contributed by atoms with E-state index in [4.69, 9.17) is 14.7 Å². The first-order chi connectivity index (χ1) is 15.9. The molecule has 1 atom stereocenters. The van der Waals surface area contributed by atoms with Crippen molar-refractivity contribution in [2.24, 2.45) is 0 Å². The summed E-state index contributed by atoms with van der Waals surface area (Å²) in [4.78, 5) is 29.2. The maximum Gasteiger partial charge on any atom is 0.358 e. The minimum Gasteiger partial charge on any atom is -0.396 e. The highest BCUT2D eigenvalue weighted by molar-refractivity contribution is 5.90. The van der Waals surface area contributed by atoms with E-state index in [2.05, 4.69) is 55.4 Å². The molecule has 0 fully saturated rings. The van der Waals surface area contributed by atoms with Crippen molar-refractivity contribution in [3.05, 3.63) is 48.6 Å². The molecule has 6 heteroatoms. The summed E-state index contributed by atoms with van der Waals surface area (Å²) < 4.78 is 5.88. The molecule has 0 aliphatic heterocycles. The topological polar surface area (TPSA) is 84.9 Å². The molecule has 0 heterocycles. The number of carbonyl (C=O) groups excluding carboxylic acids is 2. The molecular formula is C27H45NO5. The maximum absolute atomic E-state index is 12.8. The van der Waals surface area contributed by atoms with E-state index in [1.54, 1.807) is 0 Å². The Morgan fingerprint density at radius 2 is 1.58 bits per heavy atom. The largest absolute Gasteiger partial charge is 0.396 e. The predicted octanol–water partition coefficient (Wildman–Crippen LogP) is 5.88. The van der Waals surface area contributed by atoms with Crippen LogP contribution in [-0.2, 0) is 19.2 Å². The molecule has 0 rings (SSSR count). The van der Waals surface area contributed by atoms with Crippen molar-refractivity contribution in [1.29, 1.82) is 0 Å². The molecule has 0 saturated heterocycles. The number of ether oxygens (including phenoxy) is 1. The van der Waals surface area contributed by atoms with Gasteiger partial charge in [-0.25, -0.2) is 4.79 Å². The second kappa shape index (κ2) is 20.4. The van der Waals surface area contributed by atoms with Crippen LogP contribution in [-0.4, -0.2) is 35.8 Å². The summed E-state index contributed by atoms with van der Waals surface area (Å²) in [5, 5.41) is 9.05. The summed E-state index contributed by atoms with van der Waals surface area (Å²) in [6.07, 6.45) is 22.7. The minimum absolute atomic E-state index is 0.00866. The van der Waals surface area contributed by atoms with Gasteiger partial charge in [-0.3, -0.25) is 4.79 Å². The van der Waals surface area contributed by atoms with Gasteiger partial charge >= 0.3 is 5.97 Å². The average Bonchev–Trinajstić information content (AvgIpc) is 2.81. The van der Waals surface area contributed by atoms with Gasteiger partial charge in [0.15, 0.2) is 0 Å². The van der Waals surface area contributed by atoms with Crippen LogP contribution in [0, 0.1) is 0 Å². The molecular weight excluding hydrogens is 418 g/mol. The van der Waals surface area contributed by atoms with Gasteiger partial charge in [-0.1, -0.05) is 76.1 Å². The highest BCUT2D eigenvalue weighted by Gasteiger charge is 2.38. The van der Waals surface area contributed by atoms with E-state index in [0.29, 0.717) is 19.3 Å². The molecule has 0 aromatic heterocycles. The fourth-order valence-corrected chi connectivity index (χ4v) is 3.15. The van der Waals surface area contributed by atoms with Crippen LogP contribution in [0.2, 0.25) is 0 Å². The number of carbonyl (C=O) groups is 2. The summed E-state index contributed by atoms with van der Waals surface area (Å²) in [6.45, 7) is 9.28. The van der Waals surface area contributed by atoms with Gasteiger partial charge in [0.1, 0.15) is 5.60 Å². The zero-order chi connectivity index (χ0) is 24.8. The number of nitrogens with one attached hydrogen (secondary N) is 1. The van der Waals surface area contributed by atoms with Gasteiger partial charge in [0, 0.05) is 12.2 Å². The number of hydroxylamine groups is 1. The number of aliphatic hydroxyl groups is 1. The van der Waals surface area contributed by atoms with Crippen LogP contribution in [0.3, 0.4) is 0 Å². The molecule has 33 heavy (non-hydrogen) atoms. The van der Waals surface area contributed by atoms with E-state index < -0.39 is 17.5 Å². The maximum atomic E-state index is 12.8. The third-order valence-electron chi connectivity index (χ3n) is 5.23. The lowest BCUT2D eigenvalue weighted by Gasteiger charge is -2.31.